The van der Waals surface area contributed by atoms with Crippen LogP contribution in [-0.2, 0) is 9.59 Å². The summed E-state index contributed by atoms with van der Waals surface area (Å²) in [5.74, 6) is -0.209. The van der Waals surface area contributed by atoms with Gasteiger partial charge in [0, 0.05) is 32.4 Å². The molecule has 0 bridgehead atoms. The molecule has 0 aromatic heterocycles. The minimum Gasteiger partial charge on any atom is -0.384 e. The van der Waals surface area contributed by atoms with Gasteiger partial charge in [0.2, 0.25) is 11.8 Å². The number of nitrogens with zero attached hydrogens (tertiary/aromatic N) is 2. The summed E-state index contributed by atoms with van der Waals surface area (Å²) in [6.07, 6.45) is 0. The zero-order valence-corrected chi connectivity index (χ0v) is 12.9. The van der Waals surface area contributed by atoms with E-state index < -0.39 is 0 Å². The smallest absolute Gasteiger partial charge is 0.242 e. The summed E-state index contributed by atoms with van der Waals surface area (Å²) < 4.78 is 0. The first-order valence-corrected chi connectivity index (χ1v) is 7.44. The molecule has 21 heavy (non-hydrogen) atoms. The third-order valence-electron chi connectivity index (χ3n) is 4.00. The summed E-state index contributed by atoms with van der Waals surface area (Å²) in [5, 5.41) is 3.24. The van der Waals surface area contributed by atoms with E-state index in [4.69, 9.17) is 0 Å². The molecule has 1 heterocycles. The van der Waals surface area contributed by atoms with Crippen LogP contribution < -0.4 is 5.32 Å². The highest BCUT2D eigenvalue weighted by Gasteiger charge is 2.31. The molecule has 0 radical (unpaired) electrons. The summed E-state index contributed by atoms with van der Waals surface area (Å²) in [7, 11) is 1.70. The second-order valence-electron chi connectivity index (χ2n) is 5.28. The second kappa shape index (κ2) is 6.61. The lowest BCUT2D eigenvalue weighted by atomic mass is 10.00. The van der Waals surface area contributed by atoms with Gasteiger partial charge in [-0.25, -0.2) is 0 Å². The Balaban J connectivity index is 2.02. The number of likely N-dealkylation sites (N-methyl/N-ethyl adjacent to an activating group) is 2. The Morgan fingerprint density at radius 1 is 1.24 bits per heavy atom. The van der Waals surface area contributed by atoms with E-state index in [9.17, 15) is 9.59 Å². The first-order chi connectivity index (χ1) is 10.1. The van der Waals surface area contributed by atoms with E-state index in [1.165, 1.54) is 4.90 Å². The van der Waals surface area contributed by atoms with Crippen LogP contribution in [0.5, 0.6) is 0 Å². The first kappa shape index (κ1) is 15.4. The number of carbonyl (C=O) groups excluding carboxylic acids is 2. The Morgan fingerprint density at radius 2 is 1.90 bits per heavy atom. The Hall–Kier alpha value is -2.04. The molecule has 1 aliphatic heterocycles. The number of fused-ring (bicyclic) bond motifs is 1. The van der Waals surface area contributed by atoms with Crippen molar-refractivity contribution in [1.82, 2.24) is 9.80 Å². The maximum atomic E-state index is 12.6. The third kappa shape index (κ3) is 3.17. The fourth-order valence-electron chi connectivity index (χ4n) is 2.73. The predicted molar refractivity (Wildman–Crippen MR) is 83.2 cm³/mol. The maximum Gasteiger partial charge on any atom is 0.242 e. The number of hydrogen-bond acceptors (Lipinski definition) is 3. The molecule has 5 heteroatoms. The first-order valence-electron chi connectivity index (χ1n) is 7.44. The standard InChI is InChI=1S/C16H23N3O2/c1-4-19(5-2)15(20)11-18(3)16(21)13-10-17-14-9-7-6-8-12(13)14/h6-9,13,17H,4-5,10-11H2,1-3H3. The molecule has 114 valence electrons. The van der Waals surface area contributed by atoms with Crippen molar-refractivity contribution in [2.75, 3.05) is 38.5 Å². The van der Waals surface area contributed by atoms with Crippen LogP contribution in [0.2, 0.25) is 0 Å². The quantitative estimate of drug-likeness (QED) is 0.894. The Kier molecular flexibility index (Phi) is 4.83. The average molecular weight is 289 g/mol. The number of para-hydroxylation sites is 1. The fourth-order valence-corrected chi connectivity index (χ4v) is 2.73. The van der Waals surface area contributed by atoms with Crippen LogP contribution in [-0.4, -0.2) is 54.8 Å². The molecule has 0 fully saturated rings. The number of amides is 2. The van der Waals surface area contributed by atoms with Crippen LogP contribution in [0.25, 0.3) is 0 Å². The molecule has 0 saturated heterocycles. The van der Waals surface area contributed by atoms with E-state index in [2.05, 4.69) is 5.32 Å². The van der Waals surface area contributed by atoms with Gasteiger partial charge in [-0.15, -0.1) is 0 Å². The van der Waals surface area contributed by atoms with E-state index >= 15 is 0 Å². The van der Waals surface area contributed by atoms with Gasteiger partial charge in [0.1, 0.15) is 0 Å². The maximum absolute atomic E-state index is 12.6. The Morgan fingerprint density at radius 3 is 2.57 bits per heavy atom. The number of carbonyl (C=O) groups is 2. The van der Waals surface area contributed by atoms with Gasteiger partial charge in [-0.1, -0.05) is 18.2 Å². The fraction of sp³-hybridized carbons (Fsp3) is 0.500. The van der Waals surface area contributed by atoms with E-state index in [-0.39, 0.29) is 24.3 Å². The molecule has 1 aromatic carbocycles. The Bertz CT molecular complexity index is 526. The van der Waals surface area contributed by atoms with Gasteiger partial charge in [-0.2, -0.15) is 0 Å². The van der Waals surface area contributed by atoms with Crippen molar-refractivity contribution >= 4 is 17.5 Å². The molecule has 0 spiro atoms. The predicted octanol–water partition coefficient (Wildman–Crippen LogP) is 1.52. The van der Waals surface area contributed by atoms with E-state index in [0.29, 0.717) is 19.6 Å². The van der Waals surface area contributed by atoms with Crippen LogP contribution in [0.4, 0.5) is 5.69 Å². The normalized spacial score (nSPS) is 16.0. The molecule has 1 aromatic rings. The van der Waals surface area contributed by atoms with Crippen molar-refractivity contribution in [3.05, 3.63) is 29.8 Å². The number of anilines is 1. The van der Waals surface area contributed by atoms with E-state index in [1.54, 1.807) is 11.9 Å². The summed E-state index contributed by atoms with van der Waals surface area (Å²) >= 11 is 0. The van der Waals surface area contributed by atoms with Crippen molar-refractivity contribution in [3.8, 4) is 0 Å². The molecule has 1 N–H and O–H groups in total. The van der Waals surface area contributed by atoms with Gasteiger partial charge in [0.05, 0.1) is 12.5 Å². The summed E-state index contributed by atoms with van der Waals surface area (Å²) in [4.78, 5) is 27.9. The largest absolute Gasteiger partial charge is 0.384 e. The molecular formula is C16H23N3O2. The molecule has 5 nitrogen and oxygen atoms in total. The van der Waals surface area contributed by atoms with Crippen LogP contribution in [0.1, 0.15) is 25.3 Å². The lowest BCUT2D eigenvalue weighted by Gasteiger charge is -2.25. The Labute approximate surface area is 125 Å². The lowest BCUT2D eigenvalue weighted by Crippen LogP contribution is -2.42. The number of nitrogens with one attached hydrogen (secondary N) is 1. The van der Waals surface area contributed by atoms with Crippen LogP contribution in [0, 0.1) is 0 Å². The minimum absolute atomic E-state index is 0.00455. The molecule has 1 unspecified atom stereocenters. The van der Waals surface area contributed by atoms with Crippen LogP contribution >= 0.6 is 0 Å². The lowest BCUT2D eigenvalue weighted by molar-refractivity contribution is -0.139. The number of hydrogen-bond donors (Lipinski definition) is 1. The van der Waals surface area contributed by atoms with Gasteiger partial charge in [-0.05, 0) is 25.5 Å². The molecule has 0 saturated carbocycles. The highest BCUT2D eigenvalue weighted by Crippen LogP contribution is 2.31. The number of rotatable bonds is 5. The zero-order valence-electron chi connectivity index (χ0n) is 12.9. The van der Waals surface area contributed by atoms with Gasteiger partial charge in [0.25, 0.3) is 0 Å². The topological polar surface area (TPSA) is 52.7 Å². The minimum atomic E-state index is -0.198. The van der Waals surface area contributed by atoms with Gasteiger partial charge < -0.3 is 15.1 Å². The van der Waals surface area contributed by atoms with Crippen molar-refractivity contribution in [1.29, 1.82) is 0 Å². The number of benzene rings is 1. The zero-order chi connectivity index (χ0) is 15.4. The van der Waals surface area contributed by atoms with Crippen molar-refractivity contribution in [3.63, 3.8) is 0 Å². The van der Waals surface area contributed by atoms with E-state index in [0.717, 1.165) is 11.3 Å². The monoisotopic (exact) mass is 289 g/mol. The highest BCUT2D eigenvalue weighted by molar-refractivity contribution is 5.91. The molecule has 1 atom stereocenters. The van der Waals surface area contributed by atoms with Crippen molar-refractivity contribution in [2.24, 2.45) is 0 Å². The molecule has 1 aliphatic rings. The van der Waals surface area contributed by atoms with Gasteiger partial charge >= 0.3 is 0 Å². The van der Waals surface area contributed by atoms with Crippen LogP contribution in [0.3, 0.4) is 0 Å². The highest BCUT2D eigenvalue weighted by atomic mass is 16.2. The summed E-state index contributed by atoms with van der Waals surface area (Å²) in [6, 6.07) is 7.83. The SMILES string of the molecule is CCN(CC)C(=O)CN(C)C(=O)C1CNc2ccccc21. The molecule has 2 rings (SSSR count). The van der Waals surface area contributed by atoms with Gasteiger partial charge in [-0.3, -0.25) is 9.59 Å². The van der Waals surface area contributed by atoms with Crippen molar-refractivity contribution in [2.45, 2.75) is 19.8 Å². The average Bonchev–Trinajstić information content (AvgIpc) is 2.91. The molecule has 0 aliphatic carbocycles. The van der Waals surface area contributed by atoms with E-state index in [1.807, 2.05) is 38.1 Å². The second-order valence-corrected chi connectivity index (χ2v) is 5.28. The van der Waals surface area contributed by atoms with Crippen LogP contribution in [0.15, 0.2) is 24.3 Å². The molecule has 2 amide bonds. The summed E-state index contributed by atoms with van der Waals surface area (Å²) in [5.41, 5.74) is 2.03. The van der Waals surface area contributed by atoms with Crippen molar-refractivity contribution < 1.29 is 9.59 Å². The molecular weight excluding hydrogens is 266 g/mol. The summed E-state index contributed by atoms with van der Waals surface area (Å²) in [6.45, 7) is 5.97. The third-order valence-corrected chi connectivity index (χ3v) is 4.00. The van der Waals surface area contributed by atoms with Gasteiger partial charge in [0.15, 0.2) is 0 Å².